The second-order valence-corrected chi connectivity index (χ2v) is 4.29. The molecule has 0 atom stereocenters. The van der Waals surface area contributed by atoms with Crippen molar-refractivity contribution in [2.24, 2.45) is 0 Å². The Balaban J connectivity index is 2.39. The van der Waals surface area contributed by atoms with E-state index < -0.39 is 11.6 Å². The molecule has 0 spiro atoms. The summed E-state index contributed by atoms with van der Waals surface area (Å²) in [5.41, 5.74) is -0.341. The molecule has 0 aliphatic heterocycles. The largest absolute Gasteiger partial charge is 0.453 e. The minimum Gasteiger partial charge on any atom is -0.453 e. The van der Waals surface area contributed by atoms with Crippen LogP contribution in [0.3, 0.4) is 0 Å². The molecule has 2 rings (SSSR count). The summed E-state index contributed by atoms with van der Waals surface area (Å²) in [4.78, 5) is 10.4. The van der Waals surface area contributed by atoms with Crippen molar-refractivity contribution in [3.8, 4) is 11.5 Å². The van der Waals surface area contributed by atoms with Crippen molar-refractivity contribution < 1.29 is 18.3 Å². The fourth-order valence-corrected chi connectivity index (χ4v) is 1.73. The van der Waals surface area contributed by atoms with E-state index in [4.69, 9.17) is 4.74 Å². The predicted octanol–water partition coefficient (Wildman–Crippen LogP) is 4.33. The molecule has 2 aromatic rings. The van der Waals surface area contributed by atoms with Gasteiger partial charge in [0.1, 0.15) is 5.75 Å². The van der Waals surface area contributed by atoms with Crippen LogP contribution >= 0.6 is 15.9 Å². The molecule has 0 aliphatic rings. The van der Waals surface area contributed by atoms with Crippen molar-refractivity contribution >= 4 is 22.2 Å². The summed E-state index contributed by atoms with van der Waals surface area (Å²) in [6.07, 6.45) is 0.251. The van der Waals surface area contributed by atoms with Gasteiger partial charge in [-0.05, 0) is 40.2 Å². The van der Waals surface area contributed by atoms with Crippen LogP contribution in [0.15, 0.2) is 40.9 Å². The number of para-hydroxylation sites is 1. The number of carbonyl (C=O) groups excluding carboxylic acids is 1. The van der Waals surface area contributed by atoms with Crippen molar-refractivity contribution in [2.75, 3.05) is 0 Å². The van der Waals surface area contributed by atoms with Gasteiger partial charge < -0.3 is 4.74 Å². The first kappa shape index (κ1) is 12.7. The first-order chi connectivity index (χ1) is 8.63. The van der Waals surface area contributed by atoms with Gasteiger partial charge in [0.15, 0.2) is 17.9 Å². The van der Waals surface area contributed by atoms with Crippen LogP contribution in [0.25, 0.3) is 0 Å². The van der Waals surface area contributed by atoms with Crippen LogP contribution in [0.1, 0.15) is 10.4 Å². The topological polar surface area (TPSA) is 26.3 Å². The van der Waals surface area contributed by atoms with E-state index in [0.29, 0.717) is 10.2 Å². The molecule has 2 aromatic carbocycles. The normalized spacial score (nSPS) is 10.2. The Hall–Kier alpha value is -1.75. The number of aldehydes is 1. The second kappa shape index (κ2) is 5.27. The maximum absolute atomic E-state index is 13.6. The number of benzene rings is 2. The van der Waals surface area contributed by atoms with E-state index in [2.05, 4.69) is 15.9 Å². The zero-order valence-electron chi connectivity index (χ0n) is 8.99. The fourth-order valence-electron chi connectivity index (χ4n) is 1.36. The van der Waals surface area contributed by atoms with Crippen LogP contribution in [0, 0.1) is 11.6 Å². The molecule has 0 saturated heterocycles. The van der Waals surface area contributed by atoms with Crippen molar-refractivity contribution in [1.29, 1.82) is 0 Å². The summed E-state index contributed by atoms with van der Waals surface area (Å²) < 4.78 is 32.8. The highest BCUT2D eigenvalue weighted by Crippen LogP contribution is 2.31. The summed E-state index contributed by atoms with van der Waals surface area (Å²) in [5.74, 6) is -2.32. The molecule has 0 aliphatic carbocycles. The molecule has 5 heteroatoms. The highest BCUT2D eigenvalue weighted by Gasteiger charge is 2.15. The van der Waals surface area contributed by atoms with E-state index in [1.807, 2.05) is 0 Å². The Kier molecular flexibility index (Phi) is 3.72. The zero-order valence-corrected chi connectivity index (χ0v) is 10.6. The van der Waals surface area contributed by atoms with Gasteiger partial charge in [-0.2, -0.15) is 4.39 Å². The Labute approximate surface area is 110 Å². The third kappa shape index (κ3) is 2.41. The number of halogens is 3. The average molecular weight is 313 g/mol. The van der Waals surface area contributed by atoms with Gasteiger partial charge in [-0.1, -0.05) is 12.1 Å². The minimum atomic E-state index is -1.21. The standard InChI is InChI=1S/C13H7BrF2O2/c14-9-3-1-2-4-10(9)18-11-6-5-8(7-17)12(15)13(11)16/h1-7H. The van der Waals surface area contributed by atoms with Gasteiger partial charge in [-0.15, -0.1) is 0 Å². The molecule has 18 heavy (non-hydrogen) atoms. The van der Waals surface area contributed by atoms with Crippen LogP contribution in [0.2, 0.25) is 0 Å². The number of ether oxygens (including phenoxy) is 1. The summed E-state index contributed by atoms with van der Waals surface area (Å²) in [5, 5.41) is 0. The van der Waals surface area contributed by atoms with Gasteiger partial charge in [0.25, 0.3) is 0 Å². The van der Waals surface area contributed by atoms with Crippen LogP contribution in [-0.2, 0) is 0 Å². The molecular formula is C13H7BrF2O2. The lowest BCUT2D eigenvalue weighted by atomic mass is 10.2. The molecule has 0 amide bonds. The van der Waals surface area contributed by atoms with E-state index in [1.54, 1.807) is 24.3 Å². The van der Waals surface area contributed by atoms with Gasteiger partial charge in [-0.25, -0.2) is 4.39 Å². The number of hydrogen-bond acceptors (Lipinski definition) is 2. The van der Waals surface area contributed by atoms with Crippen molar-refractivity contribution in [3.63, 3.8) is 0 Å². The lowest BCUT2D eigenvalue weighted by Crippen LogP contribution is -1.96. The first-order valence-electron chi connectivity index (χ1n) is 4.99. The number of carbonyl (C=O) groups is 1. The SMILES string of the molecule is O=Cc1ccc(Oc2ccccc2Br)c(F)c1F. The molecule has 92 valence electrons. The van der Waals surface area contributed by atoms with Crippen LogP contribution in [0.5, 0.6) is 11.5 Å². The molecule has 0 aromatic heterocycles. The molecule has 0 unspecified atom stereocenters. The van der Waals surface area contributed by atoms with E-state index in [1.165, 1.54) is 6.07 Å². The average Bonchev–Trinajstić information content (AvgIpc) is 2.38. The van der Waals surface area contributed by atoms with Gasteiger partial charge in [0, 0.05) is 0 Å². The first-order valence-corrected chi connectivity index (χ1v) is 5.78. The Morgan fingerprint density at radius 1 is 1.00 bits per heavy atom. The van der Waals surface area contributed by atoms with Gasteiger partial charge >= 0.3 is 0 Å². The lowest BCUT2D eigenvalue weighted by molar-refractivity contribution is 0.111. The van der Waals surface area contributed by atoms with Crippen molar-refractivity contribution in [3.05, 3.63) is 58.1 Å². The molecule has 2 nitrogen and oxygen atoms in total. The fraction of sp³-hybridized carbons (Fsp3) is 0. The highest BCUT2D eigenvalue weighted by atomic mass is 79.9. The van der Waals surface area contributed by atoms with Crippen LogP contribution in [-0.4, -0.2) is 6.29 Å². The minimum absolute atomic E-state index is 0.251. The predicted molar refractivity (Wildman–Crippen MR) is 66.0 cm³/mol. The quantitative estimate of drug-likeness (QED) is 0.788. The smallest absolute Gasteiger partial charge is 0.202 e. The summed E-state index contributed by atoms with van der Waals surface area (Å²) in [6, 6.07) is 9.16. The molecular weight excluding hydrogens is 306 g/mol. The molecule has 0 N–H and O–H groups in total. The number of hydrogen-bond donors (Lipinski definition) is 0. The van der Waals surface area contributed by atoms with Gasteiger partial charge in [0.2, 0.25) is 5.82 Å². The third-order valence-electron chi connectivity index (χ3n) is 2.26. The van der Waals surface area contributed by atoms with Crippen molar-refractivity contribution in [1.82, 2.24) is 0 Å². The van der Waals surface area contributed by atoms with Gasteiger partial charge in [-0.3, -0.25) is 4.79 Å². The van der Waals surface area contributed by atoms with E-state index in [9.17, 15) is 13.6 Å². The molecule has 0 radical (unpaired) electrons. The summed E-state index contributed by atoms with van der Waals surface area (Å²) >= 11 is 3.23. The van der Waals surface area contributed by atoms with Crippen LogP contribution < -0.4 is 4.74 Å². The monoisotopic (exact) mass is 312 g/mol. The van der Waals surface area contributed by atoms with Crippen molar-refractivity contribution in [2.45, 2.75) is 0 Å². The molecule has 0 bridgehead atoms. The maximum atomic E-state index is 13.6. The van der Waals surface area contributed by atoms with E-state index >= 15 is 0 Å². The second-order valence-electron chi connectivity index (χ2n) is 3.43. The Morgan fingerprint density at radius 2 is 1.72 bits per heavy atom. The summed E-state index contributed by atoms with van der Waals surface area (Å²) in [7, 11) is 0. The highest BCUT2D eigenvalue weighted by molar-refractivity contribution is 9.10. The molecule has 0 fully saturated rings. The van der Waals surface area contributed by atoms with E-state index in [-0.39, 0.29) is 17.6 Å². The zero-order chi connectivity index (χ0) is 13.1. The maximum Gasteiger partial charge on any atom is 0.202 e. The van der Waals surface area contributed by atoms with E-state index in [0.717, 1.165) is 6.07 Å². The van der Waals surface area contributed by atoms with Gasteiger partial charge in [0.05, 0.1) is 10.0 Å². The number of rotatable bonds is 3. The van der Waals surface area contributed by atoms with Crippen LogP contribution in [0.4, 0.5) is 8.78 Å². The Bertz CT molecular complexity index is 600. The molecule has 0 heterocycles. The Morgan fingerprint density at radius 3 is 2.39 bits per heavy atom. The lowest BCUT2D eigenvalue weighted by Gasteiger charge is -2.09. The third-order valence-corrected chi connectivity index (χ3v) is 2.92. The molecule has 0 saturated carbocycles. The summed E-state index contributed by atoms with van der Waals surface area (Å²) in [6.45, 7) is 0.